The maximum Gasteiger partial charge on any atom is 0.138 e. The summed E-state index contributed by atoms with van der Waals surface area (Å²) in [5.74, 6) is 3.50. The molecule has 0 bridgehead atoms. The molecule has 0 radical (unpaired) electrons. The van der Waals surface area contributed by atoms with Crippen molar-refractivity contribution in [1.29, 1.82) is 0 Å². The molecule has 2 N–H and O–H groups in total. The van der Waals surface area contributed by atoms with Crippen LogP contribution < -0.4 is 5.73 Å². The van der Waals surface area contributed by atoms with E-state index in [2.05, 4.69) is 42.6 Å². The normalized spacial score (nSPS) is 25.7. The Hall–Kier alpha value is -0.200. The summed E-state index contributed by atoms with van der Waals surface area (Å²) in [5.41, 5.74) is 6.46. The van der Waals surface area contributed by atoms with Crippen molar-refractivity contribution in [2.75, 3.05) is 11.5 Å². The largest absolute Gasteiger partial charge is 0.326 e. The lowest BCUT2D eigenvalue weighted by molar-refractivity contribution is 0.483. The summed E-state index contributed by atoms with van der Waals surface area (Å²) in [7, 11) is 0. The summed E-state index contributed by atoms with van der Waals surface area (Å²) >= 11 is 4.12. The molecule has 108 valence electrons. The number of thioether (sulfide) groups is 2. The molecule has 1 aliphatic heterocycles. The van der Waals surface area contributed by atoms with Crippen molar-refractivity contribution in [3.63, 3.8) is 0 Å². The molecule has 1 aromatic heterocycles. The van der Waals surface area contributed by atoms with Gasteiger partial charge in [0.15, 0.2) is 0 Å². The predicted molar refractivity (Wildman–Crippen MR) is 84.9 cm³/mol. The topological polar surface area (TPSA) is 56.7 Å². The highest BCUT2D eigenvalue weighted by molar-refractivity contribution is 8.07. The smallest absolute Gasteiger partial charge is 0.138 e. The Morgan fingerprint density at radius 2 is 2.16 bits per heavy atom. The Labute approximate surface area is 124 Å². The molecule has 0 aromatic carbocycles. The number of hydrogen-bond acceptors (Lipinski definition) is 5. The molecule has 2 rings (SSSR count). The molecule has 19 heavy (non-hydrogen) atoms. The molecule has 1 saturated heterocycles. The van der Waals surface area contributed by atoms with Crippen molar-refractivity contribution in [2.24, 2.45) is 5.73 Å². The third-order valence-corrected chi connectivity index (χ3v) is 6.90. The van der Waals surface area contributed by atoms with E-state index in [0.717, 1.165) is 12.2 Å². The van der Waals surface area contributed by atoms with Crippen LogP contribution in [0.15, 0.2) is 6.33 Å². The highest BCUT2D eigenvalue weighted by atomic mass is 32.2. The van der Waals surface area contributed by atoms with Crippen molar-refractivity contribution < 1.29 is 0 Å². The third-order valence-electron chi connectivity index (χ3n) is 3.47. The van der Waals surface area contributed by atoms with Crippen molar-refractivity contribution in [2.45, 2.75) is 56.2 Å². The number of rotatable bonds is 5. The van der Waals surface area contributed by atoms with Crippen LogP contribution in [0.3, 0.4) is 0 Å². The lowest BCUT2D eigenvalue weighted by Crippen LogP contribution is -2.43. The number of nitrogens with two attached hydrogens (primary N) is 1. The van der Waals surface area contributed by atoms with Crippen LogP contribution >= 0.6 is 23.5 Å². The molecule has 1 fully saturated rings. The Bertz CT molecular complexity index is 394. The minimum absolute atomic E-state index is 0.171. The predicted octanol–water partition coefficient (Wildman–Crippen LogP) is 2.36. The van der Waals surface area contributed by atoms with Gasteiger partial charge in [-0.1, -0.05) is 6.92 Å². The van der Waals surface area contributed by atoms with Gasteiger partial charge in [-0.05, 0) is 20.3 Å². The summed E-state index contributed by atoms with van der Waals surface area (Å²) in [6, 6.07) is 0.518. The van der Waals surface area contributed by atoms with E-state index in [1.165, 1.54) is 17.9 Å². The molecule has 0 aliphatic carbocycles. The molecule has 1 aromatic rings. The summed E-state index contributed by atoms with van der Waals surface area (Å²) in [4.78, 5) is 4.38. The third kappa shape index (κ3) is 3.67. The van der Waals surface area contributed by atoms with Crippen LogP contribution in [0.2, 0.25) is 0 Å². The van der Waals surface area contributed by atoms with Gasteiger partial charge < -0.3 is 5.73 Å². The second-order valence-electron chi connectivity index (χ2n) is 5.24. The molecule has 2 heterocycles. The maximum absolute atomic E-state index is 6.46. The first-order valence-electron chi connectivity index (χ1n) is 7.00. The second kappa shape index (κ2) is 6.99. The fourth-order valence-electron chi connectivity index (χ4n) is 2.51. The van der Waals surface area contributed by atoms with Gasteiger partial charge >= 0.3 is 0 Å². The average Bonchev–Trinajstić information content (AvgIpc) is 2.87. The summed E-state index contributed by atoms with van der Waals surface area (Å²) in [5, 5.41) is 5.52. The van der Waals surface area contributed by atoms with Gasteiger partial charge in [0.1, 0.15) is 12.2 Å². The van der Waals surface area contributed by atoms with Gasteiger partial charge in [-0.3, -0.25) is 0 Å². The molecule has 4 nitrogen and oxygen atoms in total. The van der Waals surface area contributed by atoms with Gasteiger partial charge in [-0.25, -0.2) is 9.67 Å². The van der Waals surface area contributed by atoms with Crippen LogP contribution in [0.25, 0.3) is 0 Å². The zero-order valence-corrected chi connectivity index (χ0v) is 13.6. The van der Waals surface area contributed by atoms with E-state index >= 15 is 0 Å². The van der Waals surface area contributed by atoms with Crippen LogP contribution in [0.5, 0.6) is 0 Å². The Morgan fingerprint density at radius 3 is 2.84 bits per heavy atom. The van der Waals surface area contributed by atoms with Crippen molar-refractivity contribution >= 4 is 23.5 Å². The molecule has 1 aliphatic rings. The van der Waals surface area contributed by atoms with Gasteiger partial charge in [0.25, 0.3) is 0 Å². The number of aromatic nitrogens is 3. The fourth-order valence-corrected chi connectivity index (χ4v) is 5.71. The summed E-state index contributed by atoms with van der Waals surface area (Å²) in [6.07, 6.45) is 3.67. The first-order chi connectivity index (χ1) is 9.13. The Morgan fingerprint density at radius 1 is 1.42 bits per heavy atom. The van der Waals surface area contributed by atoms with Crippen LogP contribution in [-0.2, 0) is 6.42 Å². The zero-order chi connectivity index (χ0) is 13.8. The molecule has 0 amide bonds. The molecule has 6 heteroatoms. The monoisotopic (exact) mass is 300 g/mol. The number of hydrogen-bond donors (Lipinski definition) is 1. The lowest BCUT2D eigenvalue weighted by atomic mass is 10.1. The minimum atomic E-state index is 0.171. The molecular weight excluding hydrogens is 276 g/mol. The van der Waals surface area contributed by atoms with E-state index in [1.807, 2.05) is 16.4 Å². The quantitative estimate of drug-likeness (QED) is 0.904. The van der Waals surface area contributed by atoms with Gasteiger partial charge in [0.2, 0.25) is 0 Å². The molecular formula is C13H24N4S2. The standard InChI is InChI=1S/C13H24N4S2/c1-4-11-13(19-6-5-18-11)10(14)7-12-15-8-16-17(12)9(2)3/h8-11,13H,4-7,14H2,1-3H3. The van der Waals surface area contributed by atoms with Gasteiger partial charge in [0, 0.05) is 40.5 Å². The van der Waals surface area contributed by atoms with E-state index in [0.29, 0.717) is 16.5 Å². The highest BCUT2D eigenvalue weighted by Crippen LogP contribution is 2.35. The van der Waals surface area contributed by atoms with Gasteiger partial charge in [0.05, 0.1) is 0 Å². The second-order valence-corrected chi connectivity index (χ2v) is 7.87. The van der Waals surface area contributed by atoms with E-state index in [4.69, 9.17) is 5.73 Å². The van der Waals surface area contributed by atoms with Gasteiger partial charge in [-0.15, -0.1) is 0 Å². The molecule has 3 atom stereocenters. The van der Waals surface area contributed by atoms with Crippen LogP contribution in [-0.4, -0.2) is 42.8 Å². The summed E-state index contributed by atoms with van der Waals surface area (Å²) in [6.45, 7) is 6.52. The van der Waals surface area contributed by atoms with Crippen molar-refractivity contribution in [1.82, 2.24) is 14.8 Å². The molecule has 3 unspecified atom stereocenters. The fraction of sp³-hybridized carbons (Fsp3) is 0.846. The Kier molecular flexibility index (Phi) is 5.59. The molecule has 0 saturated carbocycles. The number of nitrogens with zero attached hydrogens (tertiary/aromatic N) is 3. The zero-order valence-electron chi connectivity index (χ0n) is 12.0. The first kappa shape index (κ1) is 15.2. The van der Waals surface area contributed by atoms with E-state index in [9.17, 15) is 0 Å². The maximum atomic E-state index is 6.46. The van der Waals surface area contributed by atoms with Crippen molar-refractivity contribution in [3.8, 4) is 0 Å². The highest BCUT2D eigenvalue weighted by Gasteiger charge is 2.31. The van der Waals surface area contributed by atoms with E-state index < -0.39 is 0 Å². The van der Waals surface area contributed by atoms with E-state index in [-0.39, 0.29) is 6.04 Å². The SMILES string of the molecule is CCC1SCCSC1C(N)Cc1ncnn1C(C)C. The minimum Gasteiger partial charge on any atom is -0.326 e. The van der Waals surface area contributed by atoms with Crippen molar-refractivity contribution in [3.05, 3.63) is 12.2 Å². The van der Waals surface area contributed by atoms with Gasteiger partial charge in [-0.2, -0.15) is 28.6 Å². The first-order valence-corrected chi connectivity index (χ1v) is 9.10. The Balaban J connectivity index is 2.03. The summed E-state index contributed by atoms with van der Waals surface area (Å²) < 4.78 is 1.99. The van der Waals surface area contributed by atoms with Crippen LogP contribution in [0.1, 0.15) is 39.1 Å². The average molecular weight is 300 g/mol. The molecule has 0 spiro atoms. The van der Waals surface area contributed by atoms with E-state index in [1.54, 1.807) is 6.33 Å². The van der Waals surface area contributed by atoms with Crippen LogP contribution in [0, 0.1) is 0 Å². The lowest BCUT2D eigenvalue weighted by Gasteiger charge is -2.34. The van der Waals surface area contributed by atoms with Crippen LogP contribution in [0.4, 0.5) is 0 Å².